The third-order valence-electron chi connectivity index (χ3n) is 5.11. The van der Waals surface area contributed by atoms with Crippen LogP contribution < -0.4 is 5.32 Å². The fourth-order valence-electron chi connectivity index (χ4n) is 3.58. The van der Waals surface area contributed by atoms with Crippen LogP contribution in [0, 0.1) is 6.92 Å². The number of nitrogens with one attached hydrogen (secondary N) is 1. The van der Waals surface area contributed by atoms with E-state index >= 15 is 0 Å². The lowest BCUT2D eigenvalue weighted by molar-refractivity contribution is -0.113. The Labute approximate surface area is 177 Å². The number of carbonyl (C=O) groups excluding carboxylic acids is 1. The van der Waals surface area contributed by atoms with Gasteiger partial charge in [-0.25, -0.2) is 0 Å². The quantitative estimate of drug-likeness (QED) is 0.549. The van der Waals surface area contributed by atoms with Gasteiger partial charge in [0, 0.05) is 12.5 Å². The molecule has 3 aromatic heterocycles. The molecular weight excluding hydrogens is 408 g/mol. The molecule has 8 nitrogen and oxygen atoms in total. The molecule has 1 aliphatic carbocycles. The van der Waals surface area contributed by atoms with Gasteiger partial charge in [0.1, 0.15) is 10.8 Å². The molecule has 0 saturated heterocycles. The Balaban J connectivity index is 1.36. The number of hydrogen-bond donors (Lipinski definition) is 1. The monoisotopic (exact) mass is 432 g/mol. The van der Waals surface area contributed by atoms with E-state index < -0.39 is 0 Å². The van der Waals surface area contributed by atoms with Gasteiger partial charge < -0.3 is 8.98 Å². The lowest BCUT2D eigenvalue weighted by Crippen LogP contribution is -2.14. The number of anilines is 1. The number of aromatic nitrogens is 5. The fraction of sp³-hybridized carbons (Fsp3) is 0.526. The number of nitrogens with zero attached hydrogens (tertiary/aromatic N) is 5. The van der Waals surface area contributed by atoms with Crippen molar-refractivity contribution in [3.05, 3.63) is 23.1 Å². The first-order chi connectivity index (χ1) is 14.2. The summed E-state index contributed by atoms with van der Waals surface area (Å²) >= 11 is 2.85. The molecule has 0 bridgehead atoms. The standard InChI is InChI=1S/C19H24N6O2S2/c1-3-25-16(14-9-10-27-12(14)2)21-24-19(25)28-11-15(26)20-18-23-22-17(29-18)13-7-5-4-6-8-13/h9-10,13H,3-8,11H2,1-2H3,(H,20,23,26). The molecule has 0 unspecified atom stereocenters. The van der Waals surface area contributed by atoms with Gasteiger partial charge in [0.05, 0.1) is 17.6 Å². The summed E-state index contributed by atoms with van der Waals surface area (Å²) in [6, 6.07) is 1.88. The maximum absolute atomic E-state index is 12.4. The van der Waals surface area contributed by atoms with E-state index in [4.69, 9.17) is 4.42 Å². The maximum atomic E-state index is 12.4. The van der Waals surface area contributed by atoms with Crippen LogP contribution in [0.25, 0.3) is 11.4 Å². The molecule has 1 amide bonds. The van der Waals surface area contributed by atoms with Gasteiger partial charge >= 0.3 is 0 Å². The van der Waals surface area contributed by atoms with Gasteiger partial charge in [-0.2, -0.15) is 0 Å². The molecule has 0 spiro atoms. The van der Waals surface area contributed by atoms with E-state index in [9.17, 15) is 4.79 Å². The molecule has 0 radical (unpaired) electrons. The van der Waals surface area contributed by atoms with Crippen molar-refractivity contribution in [3.63, 3.8) is 0 Å². The van der Waals surface area contributed by atoms with E-state index in [-0.39, 0.29) is 11.7 Å². The predicted molar refractivity (Wildman–Crippen MR) is 113 cm³/mol. The molecule has 1 aliphatic rings. The number of furan rings is 1. The third kappa shape index (κ3) is 4.53. The fourth-order valence-corrected chi connectivity index (χ4v) is 5.31. The molecule has 1 N–H and O–H groups in total. The smallest absolute Gasteiger partial charge is 0.236 e. The summed E-state index contributed by atoms with van der Waals surface area (Å²) in [4.78, 5) is 12.4. The topological polar surface area (TPSA) is 98.7 Å². The summed E-state index contributed by atoms with van der Waals surface area (Å²) in [6.07, 6.45) is 7.79. The van der Waals surface area contributed by atoms with Gasteiger partial charge in [0.2, 0.25) is 11.0 Å². The summed E-state index contributed by atoms with van der Waals surface area (Å²) < 4.78 is 7.36. The Morgan fingerprint density at radius 1 is 1.28 bits per heavy atom. The highest BCUT2D eigenvalue weighted by molar-refractivity contribution is 7.99. The van der Waals surface area contributed by atoms with Crippen LogP contribution in [-0.4, -0.2) is 36.6 Å². The average molecular weight is 433 g/mol. The highest BCUT2D eigenvalue weighted by Gasteiger charge is 2.21. The minimum Gasteiger partial charge on any atom is -0.469 e. The summed E-state index contributed by atoms with van der Waals surface area (Å²) in [7, 11) is 0. The SMILES string of the molecule is CCn1c(SCC(=O)Nc2nnc(C3CCCCC3)s2)nnc1-c1ccoc1C. The Morgan fingerprint density at radius 3 is 2.83 bits per heavy atom. The van der Waals surface area contributed by atoms with E-state index in [2.05, 4.69) is 25.7 Å². The lowest BCUT2D eigenvalue weighted by atomic mass is 9.90. The summed E-state index contributed by atoms with van der Waals surface area (Å²) in [5, 5.41) is 22.2. The van der Waals surface area contributed by atoms with Crippen molar-refractivity contribution in [1.82, 2.24) is 25.0 Å². The average Bonchev–Trinajstić information content (AvgIpc) is 3.46. The van der Waals surface area contributed by atoms with Gasteiger partial charge in [-0.15, -0.1) is 20.4 Å². The van der Waals surface area contributed by atoms with Crippen LogP contribution in [0.1, 0.15) is 55.7 Å². The number of rotatable bonds is 7. The molecule has 1 fully saturated rings. The van der Waals surface area contributed by atoms with Crippen LogP contribution in [-0.2, 0) is 11.3 Å². The second kappa shape index (κ2) is 9.08. The minimum absolute atomic E-state index is 0.118. The first kappa shape index (κ1) is 20.1. The van der Waals surface area contributed by atoms with Crippen LogP contribution in [0.15, 0.2) is 21.9 Å². The predicted octanol–water partition coefficient (Wildman–Crippen LogP) is 4.50. The number of thioether (sulfide) groups is 1. The van der Waals surface area contributed by atoms with E-state index in [0.717, 1.165) is 22.2 Å². The number of aryl methyl sites for hydroxylation is 1. The molecule has 4 rings (SSSR count). The number of carbonyl (C=O) groups is 1. The van der Waals surface area contributed by atoms with Gasteiger partial charge in [-0.1, -0.05) is 42.4 Å². The zero-order chi connectivity index (χ0) is 20.2. The van der Waals surface area contributed by atoms with Crippen molar-refractivity contribution in [2.45, 2.75) is 63.6 Å². The number of hydrogen-bond acceptors (Lipinski definition) is 8. The van der Waals surface area contributed by atoms with Crippen LogP contribution in [0.2, 0.25) is 0 Å². The van der Waals surface area contributed by atoms with Gasteiger partial charge in [-0.05, 0) is 32.8 Å². The summed E-state index contributed by atoms with van der Waals surface area (Å²) in [5.74, 6) is 2.16. The first-order valence-corrected chi connectivity index (χ1v) is 11.7. The molecule has 0 atom stereocenters. The molecule has 0 aromatic carbocycles. The van der Waals surface area contributed by atoms with E-state index in [1.54, 1.807) is 6.26 Å². The van der Waals surface area contributed by atoms with Crippen LogP contribution in [0.4, 0.5) is 5.13 Å². The Kier molecular flexibility index (Phi) is 6.29. The zero-order valence-electron chi connectivity index (χ0n) is 16.6. The van der Waals surface area contributed by atoms with Crippen molar-refractivity contribution in [1.29, 1.82) is 0 Å². The molecule has 0 aliphatic heterocycles. The van der Waals surface area contributed by atoms with Crippen molar-refractivity contribution in [2.75, 3.05) is 11.1 Å². The van der Waals surface area contributed by atoms with Crippen LogP contribution in [0.3, 0.4) is 0 Å². The number of amides is 1. The summed E-state index contributed by atoms with van der Waals surface area (Å²) in [6.45, 7) is 4.63. The normalized spacial score (nSPS) is 15.0. The Hall–Kier alpha value is -2.20. The second-order valence-corrected chi connectivity index (χ2v) is 9.01. The highest BCUT2D eigenvalue weighted by Crippen LogP contribution is 2.35. The van der Waals surface area contributed by atoms with E-state index in [0.29, 0.717) is 22.8 Å². The lowest BCUT2D eigenvalue weighted by Gasteiger charge is -2.18. The molecule has 3 aromatic rings. The van der Waals surface area contributed by atoms with Crippen LogP contribution >= 0.6 is 23.1 Å². The highest BCUT2D eigenvalue weighted by atomic mass is 32.2. The minimum atomic E-state index is -0.118. The molecule has 10 heteroatoms. The van der Waals surface area contributed by atoms with Gasteiger partial charge in [-0.3, -0.25) is 10.1 Å². The Morgan fingerprint density at radius 2 is 2.10 bits per heavy atom. The first-order valence-electron chi connectivity index (χ1n) is 9.89. The molecule has 3 heterocycles. The molecular formula is C19H24N6O2S2. The van der Waals surface area contributed by atoms with Gasteiger partial charge in [0.15, 0.2) is 11.0 Å². The van der Waals surface area contributed by atoms with Crippen molar-refractivity contribution in [2.24, 2.45) is 0 Å². The van der Waals surface area contributed by atoms with Crippen molar-refractivity contribution in [3.8, 4) is 11.4 Å². The maximum Gasteiger partial charge on any atom is 0.236 e. The molecule has 29 heavy (non-hydrogen) atoms. The van der Waals surface area contributed by atoms with Crippen molar-refractivity contribution < 1.29 is 9.21 Å². The zero-order valence-corrected chi connectivity index (χ0v) is 18.2. The summed E-state index contributed by atoms with van der Waals surface area (Å²) in [5.41, 5.74) is 0.916. The third-order valence-corrected chi connectivity index (χ3v) is 7.07. The largest absolute Gasteiger partial charge is 0.469 e. The Bertz CT molecular complexity index is 973. The van der Waals surface area contributed by atoms with E-state index in [1.807, 2.05) is 24.5 Å². The van der Waals surface area contributed by atoms with Gasteiger partial charge in [0.25, 0.3) is 0 Å². The second-order valence-electron chi connectivity index (χ2n) is 7.06. The van der Waals surface area contributed by atoms with E-state index in [1.165, 1.54) is 55.2 Å². The molecule has 154 valence electrons. The molecule has 1 saturated carbocycles. The van der Waals surface area contributed by atoms with Crippen LogP contribution in [0.5, 0.6) is 0 Å². The van der Waals surface area contributed by atoms with Crippen molar-refractivity contribution >= 4 is 34.1 Å².